The Balaban J connectivity index is 2.65. The number of hydrogen-bond donors (Lipinski definition) is 1. The lowest BCUT2D eigenvalue weighted by atomic mass is 10.2. The van der Waals surface area contributed by atoms with Gasteiger partial charge in [0.1, 0.15) is 13.2 Å². The Labute approximate surface area is 153 Å². The van der Waals surface area contributed by atoms with Gasteiger partial charge in [-0.3, -0.25) is 9.08 Å². The first kappa shape index (κ1) is 21.7. The van der Waals surface area contributed by atoms with Gasteiger partial charge in [-0.15, -0.1) is 0 Å². The Bertz CT molecular complexity index is 645. The smallest absolute Gasteiger partial charge is 0.410 e. The SMILES string of the molecule is C=CCOC(=O)NC/C=C/[C@@H]1C[C@@H](OS(C)(=O)=O)CN1C(=O)OCC=C. The Kier molecular flexibility index (Phi) is 8.86. The van der Waals surface area contributed by atoms with Gasteiger partial charge >= 0.3 is 12.2 Å². The highest BCUT2D eigenvalue weighted by atomic mass is 32.2. The van der Waals surface area contributed by atoms with Crippen molar-refractivity contribution in [3.63, 3.8) is 0 Å². The van der Waals surface area contributed by atoms with Crippen molar-refractivity contribution < 1.29 is 31.7 Å². The van der Waals surface area contributed by atoms with Gasteiger partial charge in [0, 0.05) is 13.0 Å². The van der Waals surface area contributed by atoms with Crippen molar-refractivity contribution in [2.75, 3.05) is 32.6 Å². The third kappa shape index (κ3) is 8.17. The number of carbonyl (C=O) groups is 2. The molecule has 0 radical (unpaired) electrons. The minimum Gasteiger partial charge on any atom is -0.445 e. The average Bonchev–Trinajstić information content (AvgIpc) is 2.95. The summed E-state index contributed by atoms with van der Waals surface area (Å²) >= 11 is 0. The molecule has 0 aromatic heterocycles. The molecule has 1 N–H and O–H groups in total. The molecule has 0 aliphatic carbocycles. The predicted octanol–water partition coefficient (Wildman–Crippen LogP) is 1.20. The molecule has 1 aliphatic rings. The lowest BCUT2D eigenvalue weighted by molar-refractivity contribution is 0.109. The van der Waals surface area contributed by atoms with E-state index in [9.17, 15) is 18.0 Å². The lowest BCUT2D eigenvalue weighted by Crippen LogP contribution is -2.36. The van der Waals surface area contributed by atoms with Crippen molar-refractivity contribution in [1.29, 1.82) is 0 Å². The van der Waals surface area contributed by atoms with E-state index in [1.54, 1.807) is 12.2 Å². The maximum Gasteiger partial charge on any atom is 0.410 e. The number of alkyl carbamates (subject to hydrolysis) is 1. The number of likely N-dealkylation sites (tertiary alicyclic amines) is 1. The van der Waals surface area contributed by atoms with E-state index < -0.39 is 34.5 Å². The summed E-state index contributed by atoms with van der Waals surface area (Å²) in [6.07, 6.45) is 5.57. The van der Waals surface area contributed by atoms with Crippen molar-refractivity contribution in [2.24, 2.45) is 0 Å². The topological polar surface area (TPSA) is 111 Å². The van der Waals surface area contributed by atoms with E-state index in [1.165, 1.54) is 17.1 Å². The van der Waals surface area contributed by atoms with Crippen molar-refractivity contribution in [3.05, 3.63) is 37.5 Å². The molecule has 0 aromatic rings. The highest BCUT2D eigenvalue weighted by Gasteiger charge is 2.36. The summed E-state index contributed by atoms with van der Waals surface area (Å²) in [6.45, 7) is 7.30. The minimum absolute atomic E-state index is 0.0417. The zero-order chi connectivity index (χ0) is 19.6. The van der Waals surface area contributed by atoms with Gasteiger partial charge in [-0.1, -0.05) is 37.5 Å². The molecule has 2 atom stereocenters. The fourth-order valence-corrected chi connectivity index (χ4v) is 2.94. The fourth-order valence-electron chi connectivity index (χ4n) is 2.30. The van der Waals surface area contributed by atoms with E-state index in [2.05, 4.69) is 18.5 Å². The van der Waals surface area contributed by atoms with Crippen LogP contribution in [0.15, 0.2) is 37.5 Å². The van der Waals surface area contributed by atoms with Crippen molar-refractivity contribution >= 4 is 22.3 Å². The molecule has 0 saturated carbocycles. The summed E-state index contributed by atoms with van der Waals surface area (Å²) < 4.78 is 37.3. The fraction of sp³-hybridized carbons (Fsp3) is 0.500. The minimum atomic E-state index is -3.64. The molecule has 1 fully saturated rings. The summed E-state index contributed by atoms with van der Waals surface area (Å²) in [7, 11) is -3.64. The monoisotopic (exact) mass is 388 g/mol. The molecule has 10 heteroatoms. The average molecular weight is 388 g/mol. The van der Waals surface area contributed by atoms with Crippen LogP contribution < -0.4 is 5.32 Å². The second-order valence-electron chi connectivity index (χ2n) is 5.44. The van der Waals surface area contributed by atoms with Gasteiger partial charge < -0.3 is 14.8 Å². The van der Waals surface area contributed by atoms with Crippen LogP contribution in [0.5, 0.6) is 0 Å². The van der Waals surface area contributed by atoms with E-state index in [1.807, 2.05) is 0 Å². The van der Waals surface area contributed by atoms with Gasteiger partial charge in [-0.25, -0.2) is 9.59 Å². The van der Waals surface area contributed by atoms with Crippen LogP contribution in [-0.2, 0) is 23.8 Å². The maximum absolute atomic E-state index is 12.1. The second-order valence-corrected chi connectivity index (χ2v) is 7.04. The summed E-state index contributed by atoms with van der Waals surface area (Å²) in [5.74, 6) is 0. The molecule has 1 aliphatic heterocycles. The molecular formula is C16H24N2O7S. The molecule has 0 aromatic carbocycles. The standard InChI is InChI=1S/C16H24N2O7S/c1-4-9-23-15(19)17-8-6-7-13-11-14(25-26(3,21)22)12-18(13)16(20)24-10-5-2/h4-7,13-14H,1-2,8-12H2,3H3,(H,17,19)/b7-6+/t13-,14-/m1/s1. The zero-order valence-corrected chi connectivity index (χ0v) is 15.4. The quantitative estimate of drug-likeness (QED) is 0.466. The first-order chi connectivity index (χ1) is 12.3. The van der Waals surface area contributed by atoms with Crippen molar-refractivity contribution in [1.82, 2.24) is 10.2 Å². The van der Waals surface area contributed by atoms with Crippen LogP contribution in [0.25, 0.3) is 0 Å². The highest BCUT2D eigenvalue weighted by molar-refractivity contribution is 7.86. The molecule has 1 heterocycles. The molecule has 2 amide bonds. The van der Waals surface area contributed by atoms with E-state index in [0.717, 1.165) is 6.26 Å². The van der Waals surface area contributed by atoms with Crippen LogP contribution in [0.2, 0.25) is 0 Å². The summed E-state index contributed by atoms with van der Waals surface area (Å²) in [5, 5.41) is 2.50. The Hall–Kier alpha value is -2.33. The molecule has 1 rings (SSSR count). The molecule has 0 bridgehead atoms. The molecule has 9 nitrogen and oxygen atoms in total. The molecule has 26 heavy (non-hydrogen) atoms. The van der Waals surface area contributed by atoms with Gasteiger partial charge in [0.25, 0.3) is 10.1 Å². The van der Waals surface area contributed by atoms with E-state index in [4.69, 9.17) is 13.7 Å². The first-order valence-electron chi connectivity index (χ1n) is 7.87. The Morgan fingerprint density at radius 3 is 2.50 bits per heavy atom. The van der Waals surface area contributed by atoms with Crippen LogP contribution in [0.4, 0.5) is 9.59 Å². The van der Waals surface area contributed by atoms with Gasteiger partial charge in [0.15, 0.2) is 0 Å². The van der Waals surface area contributed by atoms with E-state index >= 15 is 0 Å². The number of hydrogen-bond acceptors (Lipinski definition) is 7. The Morgan fingerprint density at radius 2 is 1.88 bits per heavy atom. The third-order valence-corrected chi connectivity index (χ3v) is 3.85. The first-order valence-corrected chi connectivity index (χ1v) is 9.69. The van der Waals surface area contributed by atoms with Gasteiger partial charge in [0.2, 0.25) is 0 Å². The van der Waals surface area contributed by atoms with Gasteiger partial charge in [-0.05, 0) is 0 Å². The molecule has 1 saturated heterocycles. The van der Waals surface area contributed by atoms with Gasteiger partial charge in [-0.2, -0.15) is 8.42 Å². The largest absolute Gasteiger partial charge is 0.445 e. The van der Waals surface area contributed by atoms with Crippen molar-refractivity contribution in [2.45, 2.75) is 18.6 Å². The normalized spacial score (nSPS) is 20.0. The third-order valence-electron chi connectivity index (χ3n) is 3.23. The second kappa shape index (κ2) is 10.6. The van der Waals surface area contributed by atoms with Crippen LogP contribution in [0.1, 0.15) is 6.42 Å². The Morgan fingerprint density at radius 1 is 1.23 bits per heavy atom. The number of amides is 2. The zero-order valence-electron chi connectivity index (χ0n) is 14.6. The molecule has 146 valence electrons. The maximum atomic E-state index is 12.1. The highest BCUT2D eigenvalue weighted by Crippen LogP contribution is 2.23. The van der Waals surface area contributed by atoms with Crippen LogP contribution in [0, 0.1) is 0 Å². The van der Waals surface area contributed by atoms with Gasteiger partial charge in [0.05, 0.1) is 24.9 Å². The van der Waals surface area contributed by atoms with Crippen LogP contribution in [0.3, 0.4) is 0 Å². The number of nitrogens with zero attached hydrogens (tertiary/aromatic N) is 1. The molecular weight excluding hydrogens is 364 g/mol. The number of carbonyl (C=O) groups excluding carboxylic acids is 2. The summed E-state index contributed by atoms with van der Waals surface area (Å²) in [4.78, 5) is 24.8. The number of ether oxygens (including phenoxy) is 2. The number of nitrogens with one attached hydrogen (secondary N) is 1. The molecule has 0 spiro atoms. The lowest BCUT2D eigenvalue weighted by Gasteiger charge is -2.21. The van der Waals surface area contributed by atoms with Crippen LogP contribution in [-0.4, -0.2) is 70.2 Å². The summed E-state index contributed by atoms with van der Waals surface area (Å²) in [5.41, 5.74) is 0. The predicted molar refractivity (Wildman–Crippen MR) is 95.1 cm³/mol. The van der Waals surface area contributed by atoms with E-state index in [0.29, 0.717) is 0 Å². The van der Waals surface area contributed by atoms with Crippen molar-refractivity contribution in [3.8, 4) is 0 Å². The summed E-state index contributed by atoms with van der Waals surface area (Å²) in [6, 6.07) is -0.426. The number of rotatable bonds is 9. The van der Waals surface area contributed by atoms with E-state index in [-0.39, 0.29) is 32.7 Å². The molecule has 0 unspecified atom stereocenters. The van der Waals surface area contributed by atoms with Crippen LogP contribution >= 0.6 is 0 Å².